The van der Waals surface area contributed by atoms with Crippen molar-refractivity contribution in [3.8, 4) is 0 Å². The average molecular weight is 358 g/mol. The molecule has 0 atom stereocenters. The van der Waals surface area contributed by atoms with Crippen molar-refractivity contribution in [3.05, 3.63) is 52.2 Å². The first kappa shape index (κ1) is 17.7. The molecule has 0 saturated heterocycles. The van der Waals surface area contributed by atoms with Crippen LogP contribution in [0.2, 0.25) is 5.02 Å². The van der Waals surface area contributed by atoms with E-state index in [4.69, 9.17) is 11.6 Å². The lowest BCUT2D eigenvalue weighted by molar-refractivity contribution is 0.0984. The van der Waals surface area contributed by atoms with Crippen LogP contribution in [-0.2, 0) is 6.42 Å². The van der Waals surface area contributed by atoms with Gasteiger partial charge in [-0.15, -0.1) is 0 Å². The van der Waals surface area contributed by atoms with Crippen LogP contribution in [0.3, 0.4) is 0 Å². The zero-order valence-electron chi connectivity index (χ0n) is 15.1. The number of aromatic nitrogens is 1. The molecule has 0 unspecified atom stereocenters. The van der Waals surface area contributed by atoms with Gasteiger partial charge in [-0.05, 0) is 69.0 Å². The Morgan fingerprint density at radius 1 is 1.28 bits per heavy atom. The van der Waals surface area contributed by atoms with Gasteiger partial charge in [0, 0.05) is 30.9 Å². The molecule has 132 valence electrons. The maximum Gasteiger partial charge on any atom is 0.259 e. The third-order valence-electron chi connectivity index (χ3n) is 4.77. The lowest BCUT2D eigenvalue weighted by Gasteiger charge is -2.31. The summed E-state index contributed by atoms with van der Waals surface area (Å²) < 4.78 is 0. The molecule has 0 bridgehead atoms. The van der Waals surface area contributed by atoms with Crippen LogP contribution < -0.4 is 9.80 Å². The molecule has 1 aromatic heterocycles. The fourth-order valence-corrected chi connectivity index (χ4v) is 3.82. The van der Waals surface area contributed by atoms with Crippen molar-refractivity contribution in [2.75, 3.05) is 29.4 Å². The van der Waals surface area contributed by atoms with Crippen LogP contribution in [0.15, 0.2) is 30.5 Å². The van der Waals surface area contributed by atoms with Gasteiger partial charge in [0.25, 0.3) is 5.91 Å². The summed E-state index contributed by atoms with van der Waals surface area (Å²) in [7, 11) is 0. The number of halogens is 1. The topological polar surface area (TPSA) is 36.4 Å². The predicted molar refractivity (Wildman–Crippen MR) is 104 cm³/mol. The van der Waals surface area contributed by atoms with E-state index in [0.29, 0.717) is 5.56 Å². The monoisotopic (exact) mass is 357 g/mol. The van der Waals surface area contributed by atoms with E-state index in [-0.39, 0.29) is 5.91 Å². The molecule has 0 N–H and O–H groups in total. The first-order valence-electron chi connectivity index (χ1n) is 8.87. The van der Waals surface area contributed by atoms with Crippen molar-refractivity contribution >= 4 is 29.0 Å². The number of carbonyl (C=O) groups is 1. The molecule has 2 aromatic rings. The predicted octanol–water partition coefficient (Wildman–Crippen LogP) is 4.48. The van der Waals surface area contributed by atoms with Gasteiger partial charge in [0.05, 0.1) is 11.3 Å². The Morgan fingerprint density at radius 2 is 2.04 bits per heavy atom. The molecule has 1 aliphatic heterocycles. The normalized spacial score (nSPS) is 13.5. The Bertz CT molecular complexity index is 769. The summed E-state index contributed by atoms with van der Waals surface area (Å²) >= 11 is 6.18. The van der Waals surface area contributed by atoms with Gasteiger partial charge < -0.3 is 9.80 Å². The zero-order chi connectivity index (χ0) is 18.0. The highest BCUT2D eigenvalue weighted by atomic mass is 35.5. The first-order valence-corrected chi connectivity index (χ1v) is 9.24. The molecule has 0 saturated carbocycles. The number of rotatable bonds is 4. The van der Waals surface area contributed by atoms with Gasteiger partial charge in [0.15, 0.2) is 0 Å². The summed E-state index contributed by atoms with van der Waals surface area (Å²) in [6, 6.07) is 7.71. The van der Waals surface area contributed by atoms with Crippen molar-refractivity contribution in [1.82, 2.24) is 4.98 Å². The molecule has 2 heterocycles. The number of anilines is 2. The zero-order valence-corrected chi connectivity index (χ0v) is 15.8. The van der Waals surface area contributed by atoms with E-state index in [9.17, 15) is 4.79 Å². The standard InChI is InChI=1S/C20H24ClN3O/c1-4-23(5-2)18-9-8-16(13-22-18)20(25)24-10-6-7-15-12-17(21)11-14(3)19(15)24/h8-9,11-13H,4-7,10H2,1-3H3. The number of pyridine rings is 1. The van der Waals surface area contributed by atoms with Crippen LogP contribution in [0.4, 0.5) is 11.5 Å². The molecule has 1 aliphatic rings. The first-order chi connectivity index (χ1) is 12.0. The number of nitrogens with zero attached hydrogens (tertiary/aromatic N) is 3. The molecule has 0 radical (unpaired) electrons. The van der Waals surface area contributed by atoms with Gasteiger partial charge >= 0.3 is 0 Å². The Morgan fingerprint density at radius 3 is 2.68 bits per heavy atom. The van der Waals surface area contributed by atoms with E-state index in [2.05, 4.69) is 23.7 Å². The number of aryl methyl sites for hydroxylation is 2. The van der Waals surface area contributed by atoms with Gasteiger partial charge in [-0.25, -0.2) is 4.98 Å². The van der Waals surface area contributed by atoms with Gasteiger partial charge in [0.1, 0.15) is 5.82 Å². The highest BCUT2D eigenvalue weighted by molar-refractivity contribution is 6.31. The minimum atomic E-state index is 0.00460. The SMILES string of the molecule is CCN(CC)c1ccc(C(=O)N2CCCc3cc(Cl)cc(C)c32)cn1. The summed E-state index contributed by atoms with van der Waals surface area (Å²) in [5.74, 6) is 0.911. The number of amides is 1. The molecule has 0 aliphatic carbocycles. The van der Waals surface area contributed by atoms with Crippen molar-refractivity contribution in [2.24, 2.45) is 0 Å². The van der Waals surface area contributed by atoms with Gasteiger partial charge in [0.2, 0.25) is 0 Å². The highest BCUT2D eigenvalue weighted by Crippen LogP contribution is 2.34. The van der Waals surface area contributed by atoms with E-state index >= 15 is 0 Å². The smallest absolute Gasteiger partial charge is 0.259 e. The van der Waals surface area contributed by atoms with E-state index in [1.54, 1.807) is 6.20 Å². The van der Waals surface area contributed by atoms with Crippen LogP contribution in [0.5, 0.6) is 0 Å². The molecule has 4 nitrogen and oxygen atoms in total. The summed E-state index contributed by atoms with van der Waals surface area (Å²) in [6.45, 7) is 8.74. The Hall–Kier alpha value is -2.07. The number of carbonyl (C=O) groups excluding carboxylic acids is 1. The third kappa shape index (κ3) is 3.49. The lowest BCUT2D eigenvalue weighted by Crippen LogP contribution is -2.36. The fraction of sp³-hybridized carbons (Fsp3) is 0.400. The summed E-state index contributed by atoms with van der Waals surface area (Å²) in [4.78, 5) is 21.6. The van der Waals surface area contributed by atoms with Gasteiger partial charge in [-0.2, -0.15) is 0 Å². The molecular formula is C20H24ClN3O. The van der Waals surface area contributed by atoms with Gasteiger partial charge in [-0.3, -0.25) is 4.79 Å². The van der Waals surface area contributed by atoms with E-state index in [1.165, 1.54) is 0 Å². The van der Waals surface area contributed by atoms with Crippen LogP contribution >= 0.6 is 11.6 Å². The number of hydrogen-bond acceptors (Lipinski definition) is 3. The van der Waals surface area contributed by atoms with Gasteiger partial charge in [-0.1, -0.05) is 11.6 Å². The molecule has 3 rings (SSSR count). The molecule has 25 heavy (non-hydrogen) atoms. The van der Waals surface area contributed by atoms with E-state index in [1.807, 2.05) is 36.1 Å². The molecular weight excluding hydrogens is 334 g/mol. The summed E-state index contributed by atoms with van der Waals surface area (Å²) in [5, 5.41) is 0.732. The average Bonchev–Trinajstić information content (AvgIpc) is 2.62. The maximum absolute atomic E-state index is 13.1. The second kappa shape index (κ2) is 7.44. The quantitative estimate of drug-likeness (QED) is 0.809. The second-order valence-corrected chi connectivity index (χ2v) is 6.80. The van der Waals surface area contributed by atoms with Crippen molar-refractivity contribution in [2.45, 2.75) is 33.6 Å². The Labute approximate surface area is 154 Å². The molecule has 5 heteroatoms. The minimum Gasteiger partial charge on any atom is -0.357 e. The van der Waals surface area contributed by atoms with Crippen molar-refractivity contribution < 1.29 is 4.79 Å². The third-order valence-corrected chi connectivity index (χ3v) is 4.99. The minimum absolute atomic E-state index is 0.00460. The second-order valence-electron chi connectivity index (χ2n) is 6.37. The van der Waals surface area contributed by atoms with Crippen LogP contribution in [0.1, 0.15) is 41.8 Å². The molecule has 0 spiro atoms. The molecule has 1 aromatic carbocycles. The summed E-state index contributed by atoms with van der Waals surface area (Å²) in [6.07, 6.45) is 3.60. The Balaban J connectivity index is 1.90. The fourth-order valence-electron chi connectivity index (χ4n) is 3.53. The summed E-state index contributed by atoms with van der Waals surface area (Å²) in [5.41, 5.74) is 3.83. The van der Waals surface area contributed by atoms with Crippen molar-refractivity contribution in [3.63, 3.8) is 0 Å². The van der Waals surface area contributed by atoms with E-state index < -0.39 is 0 Å². The van der Waals surface area contributed by atoms with Crippen LogP contribution in [-0.4, -0.2) is 30.5 Å². The molecule has 0 fully saturated rings. The highest BCUT2D eigenvalue weighted by Gasteiger charge is 2.26. The number of benzene rings is 1. The number of fused-ring (bicyclic) bond motifs is 1. The lowest BCUT2D eigenvalue weighted by atomic mass is 9.97. The van der Waals surface area contributed by atoms with E-state index in [0.717, 1.165) is 60.1 Å². The van der Waals surface area contributed by atoms with Crippen LogP contribution in [0.25, 0.3) is 0 Å². The molecule has 1 amide bonds. The largest absolute Gasteiger partial charge is 0.357 e. The maximum atomic E-state index is 13.1. The number of hydrogen-bond donors (Lipinski definition) is 0. The van der Waals surface area contributed by atoms with Crippen molar-refractivity contribution in [1.29, 1.82) is 0 Å². The Kier molecular flexibility index (Phi) is 5.28. The van der Waals surface area contributed by atoms with Crippen LogP contribution in [0, 0.1) is 6.92 Å².